The predicted octanol–water partition coefficient (Wildman–Crippen LogP) is 5.31. The second-order valence-corrected chi connectivity index (χ2v) is 8.74. The molecule has 0 radical (unpaired) electrons. The average molecular weight is 401 g/mol. The topological polar surface area (TPSA) is 54.2 Å². The molecule has 4 nitrogen and oxygen atoms in total. The van der Waals surface area contributed by atoms with Gasteiger partial charge in [-0.3, -0.25) is 4.72 Å². The van der Waals surface area contributed by atoms with E-state index in [0.717, 1.165) is 20.6 Å². The first-order valence-corrected chi connectivity index (χ1v) is 11.8. The van der Waals surface area contributed by atoms with Crippen LogP contribution in [0.4, 0.5) is 5.69 Å². The van der Waals surface area contributed by atoms with Crippen LogP contribution in [0.3, 0.4) is 0 Å². The molecule has 3 rings (SSSR count). The molecule has 142 valence electrons. The monoisotopic (exact) mass is 400 g/mol. The summed E-state index contributed by atoms with van der Waals surface area (Å²) >= 11 is 5.32. The molecular weight excluding hydrogens is 368 g/mol. The van der Waals surface area contributed by atoms with Gasteiger partial charge in [-0.05, 0) is 51.2 Å². The highest BCUT2D eigenvalue weighted by atomic mass is 32.2. The third-order valence-electron chi connectivity index (χ3n) is 3.60. The number of rotatable bonds is 5. The molecule has 2 aromatic rings. The van der Waals surface area contributed by atoms with Crippen LogP contribution in [-0.2, 0) is 0 Å². The van der Waals surface area contributed by atoms with E-state index in [0.29, 0.717) is 6.04 Å². The first kappa shape index (κ1) is 22.6. The summed E-state index contributed by atoms with van der Waals surface area (Å²) < 4.78 is 5.87. The van der Waals surface area contributed by atoms with Gasteiger partial charge in [-0.1, -0.05) is 51.4 Å². The Kier molecular flexibility index (Phi) is 11.6. The summed E-state index contributed by atoms with van der Waals surface area (Å²) in [5, 5.41) is 0.988. The molecule has 1 saturated heterocycles. The quantitative estimate of drug-likeness (QED) is 0.233. The van der Waals surface area contributed by atoms with Crippen LogP contribution in [0.1, 0.15) is 40.5 Å². The van der Waals surface area contributed by atoms with Gasteiger partial charge in [0, 0.05) is 11.7 Å². The first-order chi connectivity index (χ1) is 12.2. The van der Waals surface area contributed by atoms with Crippen molar-refractivity contribution in [2.24, 2.45) is 0 Å². The van der Waals surface area contributed by atoms with E-state index in [-0.39, 0.29) is 0 Å². The molecule has 25 heavy (non-hydrogen) atoms. The first-order valence-electron chi connectivity index (χ1n) is 9.05. The highest BCUT2D eigenvalue weighted by Crippen LogP contribution is 2.32. The van der Waals surface area contributed by atoms with Crippen LogP contribution in [0, 0.1) is 0 Å². The molecule has 0 aliphatic carbocycles. The van der Waals surface area contributed by atoms with E-state index >= 15 is 0 Å². The highest BCUT2D eigenvalue weighted by Gasteiger charge is 2.16. The Labute approximate surface area is 165 Å². The second-order valence-electron chi connectivity index (χ2n) is 5.31. The van der Waals surface area contributed by atoms with Crippen LogP contribution >= 0.6 is 35.0 Å². The number of aromatic nitrogens is 1. The van der Waals surface area contributed by atoms with Crippen molar-refractivity contribution in [3.63, 3.8) is 0 Å². The van der Waals surface area contributed by atoms with Crippen LogP contribution < -0.4 is 10.5 Å². The van der Waals surface area contributed by atoms with Gasteiger partial charge in [0.25, 0.3) is 0 Å². The lowest BCUT2D eigenvalue weighted by molar-refractivity contribution is 0.250. The van der Waals surface area contributed by atoms with Gasteiger partial charge < -0.3 is 10.6 Å². The fourth-order valence-electron chi connectivity index (χ4n) is 2.34. The minimum atomic E-state index is 0.655. The molecule has 1 fully saturated rings. The number of nitrogens with zero attached hydrogens (tertiary/aromatic N) is 2. The predicted molar refractivity (Wildman–Crippen MR) is 119 cm³/mol. The Hall–Kier alpha value is -0.470. The van der Waals surface area contributed by atoms with E-state index < -0.39 is 0 Å². The lowest BCUT2D eigenvalue weighted by Crippen LogP contribution is -2.38. The van der Waals surface area contributed by atoms with Crippen LogP contribution in [0.5, 0.6) is 0 Å². The van der Waals surface area contributed by atoms with Crippen molar-refractivity contribution in [3.05, 3.63) is 18.2 Å². The maximum absolute atomic E-state index is 5.80. The number of thiazole rings is 1. The molecule has 1 aromatic carbocycles. The third-order valence-corrected chi connectivity index (χ3v) is 6.80. The number of likely N-dealkylation sites (tertiary alicyclic amines) is 1. The number of nitrogen functional groups attached to an aromatic ring is 1. The average Bonchev–Trinajstić information content (AvgIpc) is 3.05. The van der Waals surface area contributed by atoms with Crippen molar-refractivity contribution in [1.29, 1.82) is 0 Å². The van der Waals surface area contributed by atoms with Crippen LogP contribution in [0.15, 0.2) is 22.5 Å². The molecule has 2 heterocycles. The number of hydrogen-bond donors (Lipinski definition) is 2. The number of piperidine rings is 1. The molecule has 0 bridgehead atoms. The van der Waals surface area contributed by atoms with Gasteiger partial charge in [0.05, 0.1) is 15.3 Å². The van der Waals surface area contributed by atoms with Crippen LogP contribution in [0.2, 0.25) is 0 Å². The minimum absolute atomic E-state index is 0.655. The molecule has 1 aromatic heterocycles. The Bertz CT molecular complexity index is 595. The number of benzene rings is 1. The molecule has 3 N–H and O–H groups in total. The minimum Gasteiger partial charge on any atom is -0.399 e. The molecule has 0 amide bonds. The molecule has 0 unspecified atom stereocenters. The van der Waals surface area contributed by atoms with Crippen molar-refractivity contribution in [1.82, 2.24) is 14.6 Å². The van der Waals surface area contributed by atoms with E-state index in [1.165, 1.54) is 30.6 Å². The summed E-state index contributed by atoms with van der Waals surface area (Å²) in [4.78, 5) is 7.02. The van der Waals surface area contributed by atoms with Crippen molar-refractivity contribution < 1.29 is 0 Å². The number of fused-ring (bicyclic) bond motifs is 1. The van der Waals surface area contributed by atoms with Crippen LogP contribution in [0.25, 0.3) is 10.2 Å². The van der Waals surface area contributed by atoms with Crippen molar-refractivity contribution >= 4 is 51.0 Å². The van der Waals surface area contributed by atoms with Crippen LogP contribution in [-0.4, -0.2) is 41.1 Å². The summed E-state index contributed by atoms with van der Waals surface area (Å²) in [6.45, 7) is 10.4. The number of nitrogens with one attached hydrogen (secondary N) is 1. The SMILES string of the molecule is CC.CC.CN1CCC(NSCSc2nc3ccc(N)cc3s2)CC1. The fraction of sp³-hybridized carbons (Fsp3) is 0.611. The lowest BCUT2D eigenvalue weighted by Gasteiger charge is -2.29. The van der Waals surface area contributed by atoms with Crippen molar-refractivity contribution in [3.8, 4) is 0 Å². The van der Waals surface area contributed by atoms with Gasteiger partial charge >= 0.3 is 0 Å². The zero-order valence-electron chi connectivity index (χ0n) is 16.0. The molecule has 0 spiro atoms. The maximum Gasteiger partial charge on any atom is 0.151 e. The third kappa shape index (κ3) is 7.74. The van der Waals surface area contributed by atoms with Gasteiger partial charge in [-0.25, -0.2) is 4.98 Å². The smallest absolute Gasteiger partial charge is 0.151 e. The number of nitrogens with two attached hydrogens (primary N) is 1. The van der Waals surface area contributed by atoms with E-state index in [2.05, 4.69) is 21.7 Å². The second kappa shape index (κ2) is 12.8. The molecule has 7 heteroatoms. The largest absolute Gasteiger partial charge is 0.399 e. The summed E-state index contributed by atoms with van der Waals surface area (Å²) in [6, 6.07) is 6.56. The van der Waals surface area contributed by atoms with Gasteiger partial charge in [0.2, 0.25) is 0 Å². The summed E-state index contributed by atoms with van der Waals surface area (Å²) in [5.74, 6) is 0. The molecule has 0 atom stereocenters. The highest BCUT2D eigenvalue weighted by molar-refractivity contribution is 8.15. The number of hydrogen-bond acceptors (Lipinski definition) is 7. The summed E-state index contributed by atoms with van der Waals surface area (Å²) in [5.41, 5.74) is 7.65. The Morgan fingerprint density at radius 3 is 2.60 bits per heavy atom. The molecule has 1 aliphatic rings. The van der Waals surface area contributed by atoms with Gasteiger partial charge in [0.15, 0.2) is 4.34 Å². The standard InChI is InChI=1S/C14H20N4S3.2C2H6/c1-18-6-4-11(5-7-18)17-20-9-19-14-16-12-3-2-10(15)8-13(12)21-14;2*1-2/h2-3,8,11,17H,4-7,9,15H2,1H3;2*1-2H3. The van der Waals surface area contributed by atoms with Crippen molar-refractivity contribution in [2.45, 2.75) is 50.9 Å². The molecular formula is C18H32N4S3. The Morgan fingerprint density at radius 1 is 1.24 bits per heavy atom. The van der Waals surface area contributed by atoms with Gasteiger partial charge in [-0.2, -0.15) is 0 Å². The maximum atomic E-state index is 5.80. The van der Waals surface area contributed by atoms with Gasteiger partial charge in [-0.15, -0.1) is 11.3 Å². The number of thioether (sulfide) groups is 1. The Balaban J connectivity index is 0.000000730. The molecule has 0 saturated carbocycles. The zero-order valence-corrected chi connectivity index (χ0v) is 18.5. The normalized spacial score (nSPS) is 15.2. The summed E-state index contributed by atoms with van der Waals surface area (Å²) in [6.07, 6.45) is 2.49. The van der Waals surface area contributed by atoms with E-state index in [1.54, 1.807) is 35.0 Å². The zero-order chi connectivity index (χ0) is 18.7. The van der Waals surface area contributed by atoms with E-state index in [1.807, 2.05) is 45.9 Å². The van der Waals surface area contributed by atoms with E-state index in [4.69, 9.17) is 5.73 Å². The van der Waals surface area contributed by atoms with Crippen molar-refractivity contribution in [2.75, 3.05) is 31.0 Å². The van der Waals surface area contributed by atoms with Gasteiger partial charge in [0.1, 0.15) is 0 Å². The number of anilines is 1. The lowest BCUT2D eigenvalue weighted by atomic mass is 10.1. The fourth-order valence-corrected chi connectivity index (χ4v) is 5.57. The summed E-state index contributed by atoms with van der Waals surface area (Å²) in [7, 11) is 2.19. The molecule has 1 aliphatic heterocycles. The van der Waals surface area contributed by atoms with E-state index in [9.17, 15) is 0 Å². The Morgan fingerprint density at radius 2 is 1.92 bits per heavy atom.